The van der Waals surface area contributed by atoms with Crippen molar-refractivity contribution in [1.82, 2.24) is 9.99 Å². The normalized spacial score (nSPS) is 12.1. The van der Waals surface area contributed by atoms with E-state index in [1.807, 2.05) is 48.5 Å². The average molecular weight is 393 g/mol. The smallest absolute Gasteiger partial charge is 0.262 e. The summed E-state index contributed by atoms with van der Waals surface area (Å²) in [6, 6.07) is 14.4. The van der Waals surface area contributed by atoms with E-state index in [0.29, 0.717) is 5.75 Å². The van der Waals surface area contributed by atoms with Crippen LogP contribution in [0.15, 0.2) is 59.8 Å². The lowest BCUT2D eigenvalue weighted by Gasteiger charge is -2.15. The minimum absolute atomic E-state index is 0.0700. The van der Waals surface area contributed by atoms with Gasteiger partial charge in [-0.15, -0.1) is 0 Å². The lowest BCUT2D eigenvalue weighted by molar-refractivity contribution is -0.121. The third-order valence-corrected chi connectivity index (χ3v) is 4.40. The van der Waals surface area contributed by atoms with E-state index in [4.69, 9.17) is 10.5 Å². The van der Waals surface area contributed by atoms with E-state index in [0.717, 1.165) is 22.2 Å². The summed E-state index contributed by atoms with van der Waals surface area (Å²) in [7, 11) is 1.57. The van der Waals surface area contributed by atoms with Crippen molar-refractivity contribution in [3.63, 3.8) is 0 Å². The first-order valence-electron chi connectivity index (χ1n) is 9.08. The number of hydrazone groups is 1. The minimum Gasteiger partial charge on any atom is -0.495 e. The van der Waals surface area contributed by atoms with Crippen molar-refractivity contribution in [1.29, 1.82) is 0 Å². The van der Waals surface area contributed by atoms with E-state index in [2.05, 4.69) is 15.8 Å². The Bertz CT molecular complexity index is 1060. The van der Waals surface area contributed by atoms with E-state index >= 15 is 0 Å². The molecule has 0 aliphatic heterocycles. The summed E-state index contributed by atoms with van der Waals surface area (Å²) >= 11 is 0. The molecule has 8 heteroatoms. The molecule has 0 bridgehead atoms. The number of rotatable bonds is 8. The van der Waals surface area contributed by atoms with Gasteiger partial charge in [-0.2, -0.15) is 5.10 Å². The molecule has 2 aromatic carbocycles. The number of fused-ring (bicyclic) bond motifs is 1. The van der Waals surface area contributed by atoms with Crippen molar-refractivity contribution in [2.24, 2.45) is 10.8 Å². The first-order valence-corrected chi connectivity index (χ1v) is 9.08. The number of carbonyl (C=O) groups excluding carboxylic acids is 2. The van der Waals surface area contributed by atoms with E-state index in [1.54, 1.807) is 31.0 Å². The highest BCUT2D eigenvalue weighted by atomic mass is 16.5. The summed E-state index contributed by atoms with van der Waals surface area (Å²) in [5, 5.41) is 8.07. The number of nitrogens with one attached hydrogen (secondary N) is 2. The second-order valence-corrected chi connectivity index (χ2v) is 6.50. The van der Waals surface area contributed by atoms with E-state index < -0.39 is 11.9 Å². The van der Waals surface area contributed by atoms with Gasteiger partial charge in [-0.25, -0.2) is 5.43 Å². The van der Waals surface area contributed by atoms with Crippen LogP contribution in [0.25, 0.3) is 10.9 Å². The lowest BCUT2D eigenvalue weighted by atomic mass is 10.2. The molecule has 0 saturated heterocycles. The van der Waals surface area contributed by atoms with Gasteiger partial charge in [-0.1, -0.05) is 30.3 Å². The highest BCUT2D eigenvalue weighted by molar-refractivity contribution is 6.00. The maximum atomic E-state index is 12.4. The standard InChI is InChI=1S/C21H23N5O3/c1-14(24-17-8-4-6-10-19(17)29-2)21(28)25-23-11-15-12-26(13-20(22)27)18-9-5-3-7-16(15)18/h3-12,14,24H,13H2,1-2H3,(H2,22,27)(H,25,28)/b23-11-/t14-/m0/s1. The molecule has 0 saturated carbocycles. The molecule has 0 spiro atoms. The fourth-order valence-corrected chi connectivity index (χ4v) is 3.00. The zero-order valence-corrected chi connectivity index (χ0v) is 16.3. The average Bonchev–Trinajstić information content (AvgIpc) is 3.05. The molecule has 4 N–H and O–H groups in total. The maximum absolute atomic E-state index is 12.4. The Hall–Kier alpha value is -3.81. The molecule has 1 aromatic heterocycles. The Morgan fingerprint density at radius 2 is 1.93 bits per heavy atom. The second-order valence-electron chi connectivity index (χ2n) is 6.50. The van der Waals surface area contributed by atoms with Gasteiger partial charge < -0.3 is 20.4 Å². The molecule has 0 unspecified atom stereocenters. The summed E-state index contributed by atoms with van der Waals surface area (Å²) in [5.74, 6) is -0.0790. The van der Waals surface area contributed by atoms with Crippen LogP contribution in [-0.2, 0) is 16.1 Å². The number of ether oxygens (including phenoxy) is 1. The quantitative estimate of drug-likeness (QED) is 0.402. The van der Waals surface area contributed by atoms with Gasteiger partial charge in [-0.3, -0.25) is 9.59 Å². The van der Waals surface area contributed by atoms with Crippen LogP contribution in [0.5, 0.6) is 5.75 Å². The number of benzene rings is 2. The molecule has 29 heavy (non-hydrogen) atoms. The molecule has 150 valence electrons. The minimum atomic E-state index is -0.528. The third-order valence-electron chi connectivity index (χ3n) is 4.40. The van der Waals surface area contributed by atoms with Gasteiger partial charge in [0.2, 0.25) is 5.91 Å². The molecule has 0 radical (unpaired) electrons. The van der Waals surface area contributed by atoms with E-state index in [1.165, 1.54) is 0 Å². The first-order chi connectivity index (χ1) is 14.0. The van der Waals surface area contributed by atoms with Crippen LogP contribution in [0.2, 0.25) is 0 Å². The van der Waals surface area contributed by atoms with E-state index in [-0.39, 0.29) is 12.5 Å². The van der Waals surface area contributed by atoms with Crippen molar-refractivity contribution >= 4 is 34.6 Å². The largest absolute Gasteiger partial charge is 0.495 e. The van der Waals surface area contributed by atoms with Gasteiger partial charge in [-0.05, 0) is 25.1 Å². The Morgan fingerprint density at radius 1 is 1.21 bits per heavy atom. The number of methoxy groups -OCH3 is 1. The zero-order valence-electron chi connectivity index (χ0n) is 16.3. The number of carbonyl (C=O) groups is 2. The lowest BCUT2D eigenvalue weighted by Crippen LogP contribution is -2.35. The highest BCUT2D eigenvalue weighted by Gasteiger charge is 2.14. The van der Waals surface area contributed by atoms with E-state index in [9.17, 15) is 9.59 Å². The van der Waals surface area contributed by atoms with Crippen LogP contribution >= 0.6 is 0 Å². The van der Waals surface area contributed by atoms with Crippen LogP contribution < -0.4 is 21.2 Å². The number of primary amides is 1. The monoisotopic (exact) mass is 393 g/mol. The zero-order chi connectivity index (χ0) is 20.8. The summed E-state index contributed by atoms with van der Waals surface area (Å²) in [6.07, 6.45) is 3.33. The molecule has 1 heterocycles. The van der Waals surface area contributed by atoms with Gasteiger partial charge >= 0.3 is 0 Å². The third kappa shape index (κ3) is 4.73. The Balaban J connectivity index is 1.69. The number of aromatic nitrogens is 1. The van der Waals surface area contributed by atoms with Gasteiger partial charge in [0.1, 0.15) is 18.3 Å². The van der Waals surface area contributed by atoms with Crippen LogP contribution in [0, 0.1) is 0 Å². The van der Waals surface area contributed by atoms with Crippen molar-refractivity contribution < 1.29 is 14.3 Å². The molecule has 0 aliphatic carbocycles. The number of hydrogen-bond acceptors (Lipinski definition) is 5. The summed E-state index contributed by atoms with van der Waals surface area (Å²) < 4.78 is 7.03. The summed E-state index contributed by atoms with van der Waals surface area (Å²) in [4.78, 5) is 23.6. The predicted molar refractivity (Wildman–Crippen MR) is 113 cm³/mol. The van der Waals surface area contributed by atoms with Crippen molar-refractivity contribution in [2.75, 3.05) is 12.4 Å². The van der Waals surface area contributed by atoms with Crippen LogP contribution in [0.4, 0.5) is 5.69 Å². The van der Waals surface area contributed by atoms with Crippen molar-refractivity contribution in [3.8, 4) is 5.75 Å². The molecule has 0 fully saturated rings. The molecule has 2 amide bonds. The SMILES string of the molecule is COc1ccccc1N[C@@H](C)C(=O)N/N=C\c1cn(CC(N)=O)c2ccccc12. The molecule has 3 aromatic rings. The number of para-hydroxylation sites is 3. The fraction of sp³-hybridized carbons (Fsp3) is 0.190. The maximum Gasteiger partial charge on any atom is 0.262 e. The van der Waals surface area contributed by atoms with Crippen LogP contribution in [0.1, 0.15) is 12.5 Å². The molecule has 1 atom stereocenters. The predicted octanol–water partition coefficient (Wildman–Crippen LogP) is 2.09. The summed E-state index contributed by atoms with van der Waals surface area (Å²) in [5.41, 5.74) is 10.2. The van der Waals surface area contributed by atoms with Gasteiger partial charge in [0.05, 0.1) is 19.0 Å². The number of nitrogens with zero attached hydrogens (tertiary/aromatic N) is 2. The van der Waals surface area contributed by atoms with Crippen molar-refractivity contribution in [3.05, 3.63) is 60.3 Å². The van der Waals surface area contributed by atoms with Gasteiger partial charge in [0.25, 0.3) is 5.91 Å². The van der Waals surface area contributed by atoms with Gasteiger partial charge in [0.15, 0.2) is 0 Å². The number of anilines is 1. The molecular formula is C21H23N5O3. The number of nitrogens with two attached hydrogens (primary N) is 1. The Labute approximate surface area is 168 Å². The Morgan fingerprint density at radius 3 is 2.69 bits per heavy atom. The Kier molecular flexibility index (Phi) is 6.13. The second kappa shape index (κ2) is 8.92. The topological polar surface area (TPSA) is 111 Å². The molecule has 3 rings (SSSR count). The molecule has 8 nitrogen and oxygen atoms in total. The molecular weight excluding hydrogens is 370 g/mol. The summed E-state index contributed by atoms with van der Waals surface area (Å²) in [6.45, 7) is 1.80. The van der Waals surface area contributed by atoms with Crippen molar-refractivity contribution in [2.45, 2.75) is 19.5 Å². The van der Waals surface area contributed by atoms with Gasteiger partial charge in [0, 0.05) is 22.7 Å². The number of hydrogen-bond donors (Lipinski definition) is 3. The molecule has 0 aliphatic rings. The number of amides is 2. The highest BCUT2D eigenvalue weighted by Crippen LogP contribution is 2.23. The first kappa shape index (κ1) is 19.9. The van der Waals surface area contributed by atoms with Crippen LogP contribution in [0.3, 0.4) is 0 Å². The fourth-order valence-electron chi connectivity index (χ4n) is 3.00. The van der Waals surface area contributed by atoms with Crippen LogP contribution in [-0.4, -0.2) is 35.7 Å².